The number of aliphatic hydroxyl groups is 1. The minimum absolute atomic E-state index is 0.0464. The van der Waals surface area contributed by atoms with Crippen molar-refractivity contribution in [2.24, 2.45) is 0 Å². The Kier molecular flexibility index (Phi) is 6.41. The summed E-state index contributed by atoms with van der Waals surface area (Å²) in [7, 11) is 1.99. The molecule has 0 fully saturated rings. The fourth-order valence-corrected chi connectivity index (χ4v) is 2.25. The molecule has 0 spiro atoms. The Morgan fingerprint density at radius 3 is 1.90 bits per heavy atom. The van der Waals surface area contributed by atoms with Crippen molar-refractivity contribution in [2.45, 2.75) is 6.10 Å². The first kappa shape index (κ1) is 15.7. The zero-order valence-corrected chi connectivity index (χ0v) is 12.5. The van der Waals surface area contributed by atoms with Crippen LogP contribution in [0.1, 0.15) is 17.2 Å². The average Bonchev–Trinajstić information content (AvgIpc) is 2.53. The molecule has 3 heteroatoms. The zero-order valence-electron chi connectivity index (χ0n) is 12.5. The SMILES string of the molecule is CN(CCO)CCOC(c1ccccc1)c1ccccc1. The van der Waals surface area contributed by atoms with Gasteiger partial charge in [0, 0.05) is 13.1 Å². The van der Waals surface area contributed by atoms with Gasteiger partial charge < -0.3 is 14.7 Å². The van der Waals surface area contributed by atoms with Crippen LogP contribution in [0.3, 0.4) is 0 Å². The molecule has 0 unspecified atom stereocenters. The van der Waals surface area contributed by atoms with Crippen molar-refractivity contribution in [2.75, 3.05) is 33.4 Å². The highest BCUT2D eigenvalue weighted by molar-refractivity contribution is 5.29. The standard InChI is InChI=1S/C18H23NO2/c1-19(12-14-20)13-15-21-18(16-8-4-2-5-9-16)17-10-6-3-7-11-17/h2-11,18,20H,12-15H2,1H3. The molecule has 0 amide bonds. The lowest BCUT2D eigenvalue weighted by Gasteiger charge is -2.21. The van der Waals surface area contributed by atoms with Crippen LogP contribution in [0.2, 0.25) is 0 Å². The van der Waals surface area contributed by atoms with Gasteiger partial charge in [-0.2, -0.15) is 0 Å². The number of likely N-dealkylation sites (N-methyl/N-ethyl adjacent to an activating group) is 1. The molecule has 0 aromatic heterocycles. The summed E-state index contributed by atoms with van der Waals surface area (Å²) in [5, 5.41) is 8.92. The molecule has 1 N–H and O–H groups in total. The largest absolute Gasteiger partial charge is 0.395 e. The molecule has 0 saturated heterocycles. The Hall–Kier alpha value is -1.68. The minimum Gasteiger partial charge on any atom is -0.395 e. The second-order valence-electron chi connectivity index (χ2n) is 5.10. The summed E-state index contributed by atoms with van der Waals surface area (Å²) < 4.78 is 6.11. The molecule has 0 aliphatic heterocycles. The number of hydrogen-bond donors (Lipinski definition) is 1. The molecule has 0 bridgehead atoms. The Balaban J connectivity index is 2.04. The summed E-state index contributed by atoms with van der Waals surface area (Å²) in [6, 6.07) is 20.5. The number of benzene rings is 2. The van der Waals surface area contributed by atoms with Crippen molar-refractivity contribution in [1.82, 2.24) is 4.90 Å². The predicted octanol–water partition coefficient (Wildman–Crippen LogP) is 2.72. The number of ether oxygens (including phenoxy) is 1. The Labute approximate surface area is 126 Å². The molecule has 0 saturated carbocycles. The van der Waals surface area contributed by atoms with Crippen molar-refractivity contribution in [3.05, 3.63) is 71.8 Å². The van der Waals surface area contributed by atoms with E-state index in [2.05, 4.69) is 29.2 Å². The molecule has 112 valence electrons. The monoisotopic (exact) mass is 285 g/mol. The lowest BCUT2D eigenvalue weighted by molar-refractivity contribution is 0.0617. The molecule has 0 aliphatic rings. The van der Waals surface area contributed by atoms with E-state index in [1.165, 1.54) is 0 Å². The van der Waals surface area contributed by atoms with E-state index < -0.39 is 0 Å². The quantitative estimate of drug-likeness (QED) is 0.809. The summed E-state index contributed by atoms with van der Waals surface area (Å²) in [4.78, 5) is 2.06. The average molecular weight is 285 g/mol. The fraction of sp³-hybridized carbons (Fsp3) is 0.333. The first-order valence-electron chi connectivity index (χ1n) is 7.32. The summed E-state index contributed by atoms with van der Waals surface area (Å²) >= 11 is 0. The Morgan fingerprint density at radius 2 is 1.43 bits per heavy atom. The third kappa shape index (κ3) is 4.97. The van der Waals surface area contributed by atoms with Crippen molar-refractivity contribution in [1.29, 1.82) is 0 Å². The third-order valence-electron chi connectivity index (χ3n) is 3.44. The van der Waals surface area contributed by atoms with Gasteiger partial charge in [-0.1, -0.05) is 60.7 Å². The van der Waals surface area contributed by atoms with Gasteiger partial charge >= 0.3 is 0 Å². The van der Waals surface area contributed by atoms with Gasteiger partial charge in [0.1, 0.15) is 6.10 Å². The highest BCUT2D eigenvalue weighted by Gasteiger charge is 2.14. The lowest BCUT2D eigenvalue weighted by atomic mass is 10.0. The lowest BCUT2D eigenvalue weighted by Crippen LogP contribution is -2.26. The third-order valence-corrected chi connectivity index (χ3v) is 3.44. The first-order chi connectivity index (χ1) is 10.3. The fourth-order valence-electron chi connectivity index (χ4n) is 2.25. The van der Waals surface area contributed by atoms with Crippen LogP contribution >= 0.6 is 0 Å². The van der Waals surface area contributed by atoms with Gasteiger partial charge in [0.15, 0.2) is 0 Å². The second-order valence-corrected chi connectivity index (χ2v) is 5.10. The van der Waals surface area contributed by atoms with Crippen LogP contribution in [0.25, 0.3) is 0 Å². The van der Waals surface area contributed by atoms with E-state index in [0.29, 0.717) is 13.2 Å². The summed E-state index contributed by atoms with van der Waals surface area (Å²) in [6.07, 6.45) is -0.0464. The van der Waals surface area contributed by atoms with Crippen LogP contribution < -0.4 is 0 Å². The van der Waals surface area contributed by atoms with E-state index in [0.717, 1.165) is 17.7 Å². The van der Waals surface area contributed by atoms with E-state index in [4.69, 9.17) is 9.84 Å². The zero-order chi connectivity index (χ0) is 14.9. The van der Waals surface area contributed by atoms with Crippen LogP contribution in [0.4, 0.5) is 0 Å². The molecule has 0 aliphatic carbocycles. The van der Waals surface area contributed by atoms with E-state index in [9.17, 15) is 0 Å². The van der Waals surface area contributed by atoms with Gasteiger partial charge in [-0.3, -0.25) is 0 Å². The van der Waals surface area contributed by atoms with Crippen LogP contribution in [-0.4, -0.2) is 43.4 Å². The van der Waals surface area contributed by atoms with Gasteiger partial charge in [-0.05, 0) is 18.2 Å². The maximum Gasteiger partial charge on any atom is 0.108 e. The number of nitrogens with zero attached hydrogens (tertiary/aromatic N) is 1. The van der Waals surface area contributed by atoms with Crippen LogP contribution in [-0.2, 0) is 4.74 Å². The molecular weight excluding hydrogens is 262 g/mol. The highest BCUT2D eigenvalue weighted by Crippen LogP contribution is 2.25. The van der Waals surface area contributed by atoms with Gasteiger partial charge in [0.05, 0.1) is 13.2 Å². The second kappa shape index (κ2) is 8.57. The summed E-state index contributed by atoms with van der Waals surface area (Å²) in [6.45, 7) is 2.28. The maximum absolute atomic E-state index is 8.92. The van der Waals surface area contributed by atoms with Gasteiger partial charge in [0.25, 0.3) is 0 Å². The molecule has 0 radical (unpaired) electrons. The van der Waals surface area contributed by atoms with E-state index >= 15 is 0 Å². The van der Waals surface area contributed by atoms with E-state index in [1.54, 1.807) is 0 Å². The predicted molar refractivity (Wildman–Crippen MR) is 85.3 cm³/mol. The number of aliphatic hydroxyl groups excluding tert-OH is 1. The molecule has 2 aromatic rings. The molecule has 21 heavy (non-hydrogen) atoms. The van der Waals surface area contributed by atoms with Crippen LogP contribution in [0.15, 0.2) is 60.7 Å². The van der Waals surface area contributed by atoms with Crippen molar-refractivity contribution >= 4 is 0 Å². The van der Waals surface area contributed by atoms with Crippen LogP contribution in [0, 0.1) is 0 Å². The molecular formula is C18H23NO2. The molecule has 3 nitrogen and oxygen atoms in total. The van der Waals surface area contributed by atoms with Gasteiger partial charge in [0.2, 0.25) is 0 Å². The highest BCUT2D eigenvalue weighted by atomic mass is 16.5. The van der Waals surface area contributed by atoms with E-state index in [-0.39, 0.29) is 12.7 Å². The number of rotatable bonds is 8. The molecule has 0 heterocycles. The molecule has 0 atom stereocenters. The summed E-state index contributed by atoms with van der Waals surface area (Å²) in [5.41, 5.74) is 2.32. The van der Waals surface area contributed by atoms with Crippen molar-refractivity contribution < 1.29 is 9.84 Å². The van der Waals surface area contributed by atoms with Crippen LogP contribution in [0.5, 0.6) is 0 Å². The molecule has 2 rings (SSSR count). The maximum atomic E-state index is 8.92. The Morgan fingerprint density at radius 1 is 0.905 bits per heavy atom. The summed E-state index contributed by atoms with van der Waals surface area (Å²) in [5.74, 6) is 0. The number of hydrogen-bond acceptors (Lipinski definition) is 3. The van der Waals surface area contributed by atoms with Gasteiger partial charge in [-0.15, -0.1) is 0 Å². The van der Waals surface area contributed by atoms with Crippen molar-refractivity contribution in [3.63, 3.8) is 0 Å². The smallest absolute Gasteiger partial charge is 0.108 e. The van der Waals surface area contributed by atoms with Crippen molar-refractivity contribution in [3.8, 4) is 0 Å². The first-order valence-corrected chi connectivity index (χ1v) is 7.32. The minimum atomic E-state index is -0.0464. The normalized spacial score (nSPS) is 11.2. The molecule has 2 aromatic carbocycles. The van der Waals surface area contributed by atoms with E-state index in [1.807, 2.05) is 43.4 Å². The Bertz CT molecular complexity index is 462. The van der Waals surface area contributed by atoms with Gasteiger partial charge in [-0.25, -0.2) is 0 Å². The topological polar surface area (TPSA) is 32.7 Å².